The molecule has 12 heteroatoms. The maximum Gasteiger partial charge on any atom is 0.306 e. The number of methoxy groups -OCH3 is 3. The number of imide groups is 1. The quantitative estimate of drug-likeness (QED) is 0.472. The molecule has 1 heterocycles. The molecule has 0 spiro atoms. The molecule has 0 aliphatic heterocycles. The van der Waals surface area contributed by atoms with Crippen LogP contribution in [0.4, 0.5) is 10.2 Å². The number of carbonyl (C=O) groups is 4. The van der Waals surface area contributed by atoms with Gasteiger partial charge in [-0.15, -0.1) is 0 Å². The summed E-state index contributed by atoms with van der Waals surface area (Å²) >= 11 is 0. The third-order valence-corrected chi connectivity index (χ3v) is 4.95. The third-order valence-electron chi connectivity index (χ3n) is 4.95. The van der Waals surface area contributed by atoms with Crippen LogP contribution in [0.3, 0.4) is 0 Å². The summed E-state index contributed by atoms with van der Waals surface area (Å²) < 4.78 is 27.8. The van der Waals surface area contributed by atoms with Gasteiger partial charge >= 0.3 is 11.9 Å². The fraction of sp³-hybridized carbons (Fsp3) is 0.292. The van der Waals surface area contributed by atoms with Gasteiger partial charge in [0.2, 0.25) is 17.7 Å². The van der Waals surface area contributed by atoms with Crippen molar-refractivity contribution in [1.82, 2.24) is 4.98 Å². The zero-order valence-corrected chi connectivity index (χ0v) is 19.7. The zero-order chi connectivity index (χ0) is 26.8. The first-order valence-electron chi connectivity index (χ1n) is 10.4. The molecule has 2 amide bonds. The number of esters is 2. The van der Waals surface area contributed by atoms with E-state index in [-0.39, 0.29) is 41.0 Å². The van der Waals surface area contributed by atoms with E-state index >= 15 is 0 Å². The Bertz CT molecular complexity index is 1230. The van der Waals surface area contributed by atoms with Crippen molar-refractivity contribution in [1.29, 1.82) is 10.5 Å². The lowest BCUT2D eigenvalue weighted by Gasteiger charge is -2.23. The lowest BCUT2D eigenvalue weighted by Crippen LogP contribution is -2.39. The van der Waals surface area contributed by atoms with Gasteiger partial charge in [-0.05, 0) is 17.7 Å². The molecule has 2 rings (SSSR count). The molecule has 0 N–H and O–H groups in total. The minimum absolute atomic E-state index is 0.0478. The number of ether oxygens (including phenoxy) is 3. The number of nitriles is 2. The van der Waals surface area contributed by atoms with Crippen LogP contribution in [0.5, 0.6) is 5.88 Å². The van der Waals surface area contributed by atoms with Crippen LogP contribution in [-0.2, 0) is 28.7 Å². The van der Waals surface area contributed by atoms with Crippen LogP contribution in [-0.4, -0.2) is 50.1 Å². The van der Waals surface area contributed by atoms with E-state index in [1.54, 1.807) is 0 Å². The molecule has 2 aromatic rings. The Morgan fingerprint density at radius 1 is 0.861 bits per heavy atom. The van der Waals surface area contributed by atoms with E-state index in [1.807, 2.05) is 12.1 Å². The fourth-order valence-corrected chi connectivity index (χ4v) is 3.20. The topological polar surface area (TPSA) is 160 Å². The summed E-state index contributed by atoms with van der Waals surface area (Å²) in [5, 5.41) is 19.8. The number of nitrogens with zero attached hydrogens (tertiary/aromatic N) is 4. The molecular formula is C24H21FN4O7. The number of amides is 2. The molecule has 0 aliphatic carbocycles. The molecule has 1 aromatic carbocycles. The highest BCUT2D eigenvalue weighted by atomic mass is 19.1. The summed E-state index contributed by atoms with van der Waals surface area (Å²) in [5.41, 5.74) is -0.367. The lowest BCUT2D eigenvalue weighted by molar-refractivity contribution is -0.142. The van der Waals surface area contributed by atoms with Crippen molar-refractivity contribution >= 4 is 29.6 Å². The van der Waals surface area contributed by atoms with E-state index in [0.717, 1.165) is 26.4 Å². The second kappa shape index (κ2) is 12.6. The van der Waals surface area contributed by atoms with Crippen LogP contribution in [0.15, 0.2) is 24.3 Å². The molecule has 0 saturated carbocycles. The zero-order valence-electron chi connectivity index (χ0n) is 19.7. The van der Waals surface area contributed by atoms with E-state index in [1.165, 1.54) is 19.2 Å². The van der Waals surface area contributed by atoms with Crippen LogP contribution in [0, 0.1) is 28.5 Å². The number of halogens is 1. The van der Waals surface area contributed by atoms with E-state index in [2.05, 4.69) is 14.5 Å². The summed E-state index contributed by atoms with van der Waals surface area (Å²) in [6, 6.07) is 8.54. The fourth-order valence-electron chi connectivity index (χ4n) is 3.20. The van der Waals surface area contributed by atoms with E-state index in [4.69, 9.17) is 4.74 Å². The van der Waals surface area contributed by atoms with Gasteiger partial charge in [0.15, 0.2) is 5.82 Å². The van der Waals surface area contributed by atoms with E-state index in [9.17, 15) is 34.1 Å². The normalized spacial score (nSPS) is 9.94. The Morgan fingerprint density at radius 3 is 1.78 bits per heavy atom. The molecule has 11 nitrogen and oxygen atoms in total. The van der Waals surface area contributed by atoms with Gasteiger partial charge in [0, 0.05) is 18.4 Å². The molecule has 36 heavy (non-hydrogen) atoms. The second-order valence-corrected chi connectivity index (χ2v) is 7.08. The summed E-state index contributed by atoms with van der Waals surface area (Å²) in [6.07, 6.45) is -1.73. The second-order valence-electron chi connectivity index (χ2n) is 7.08. The maximum absolute atomic E-state index is 13.6. The average Bonchev–Trinajstić information content (AvgIpc) is 2.89. The number of carbonyl (C=O) groups excluding carboxylic acids is 4. The first-order chi connectivity index (χ1) is 17.2. The number of hydrogen-bond donors (Lipinski definition) is 0. The minimum Gasteiger partial charge on any atom is -0.480 e. The number of hydrogen-bond acceptors (Lipinski definition) is 10. The Kier molecular flexibility index (Phi) is 9.57. The molecule has 0 saturated heterocycles. The van der Waals surface area contributed by atoms with Gasteiger partial charge in [0.05, 0.1) is 34.2 Å². The van der Waals surface area contributed by atoms with Crippen molar-refractivity contribution < 1.29 is 37.8 Å². The SMILES string of the molecule is COC(=O)CCC(=O)N(C(=O)CCC(=O)OC)c1nc(OC)c(C#N)c(-c2ccc(F)cc2)c1C#N. The van der Waals surface area contributed by atoms with Crippen LogP contribution in [0.2, 0.25) is 0 Å². The molecule has 0 unspecified atom stereocenters. The summed E-state index contributed by atoms with van der Waals surface area (Å²) in [5.74, 6) is -4.64. The van der Waals surface area contributed by atoms with Gasteiger partial charge in [0.25, 0.3) is 0 Å². The number of benzene rings is 1. The lowest BCUT2D eigenvalue weighted by atomic mass is 9.95. The Balaban J connectivity index is 2.78. The van der Waals surface area contributed by atoms with Gasteiger partial charge in [-0.1, -0.05) is 12.1 Å². The van der Waals surface area contributed by atoms with Gasteiger partial charge in [-0.25, -0.2) is 9.29 Å². The van der Waals surface area contributed by atoms with Crippen molar-refractivity contribution in [2.75, 3.05) is 26.2 Å². The summed E-state index contributed by atoms with van der Waals surface area (Å²) in [6.45, 7) is 0. The molecule has 0 radical (unpaired) electrons. The predicted molar refractivity (Wildman–Crippen MR) is 121 cm³/mol. The highest BCUT2D eigenvalue weighted by molar-refractivity contribution is 6.16. The average molecular weight is 496 g/mol. The number of rotatable bonds is 9. The van der Waals surface area contributed by atoms with E-state index in [0.29, 0.717) is 4.90 Å². The Hall–Kier alpha value is -4.84. The summed E-state index contributed by atoms with van der Waals surface area (Å²) in [7, 11) is 3.44. The molecule has 0 bridgehead atoms. The molecule has 1 aromatic heterocycles. The van der Waals surface area contributed by atoms with Crippen LogP contribution >= 0.6 is 0 Å². The molecular weight excluding hydrogens is 475 g/mol. The van der Waals surface area contributed by atoms with Gasteiger partial charge in [-0.2, -0.15) is 15.5 Å². The van der Waals surface area contributed by atoms with Crippen molar-refractivity contribution in [3.8, 4) is 29.1 Å². The summed E-state index contributed by atoms with van der Waals surface area (Å²) in [4.78, 5) is 54.0. The Labute approximate surface area is 205 Å². The van der Waals surface area contributed by atoms with Crippen molar-refractivity contribution in [3.63, 3.8) is 0 Å². The smallest absolute Gasteiger partial charge is 0.306 e. The predicted octanol–water partition coefficient (Wildman–Crippen LogP) is 2.41. The standard InChI is InChI=1S/C24H21FN4O7/c1-34-20(32)10-8-18(30)29(19(31)9-11-21(33)35-2)23-16(12-26)22(14-4-6-15(25)7-5-14)17(13-27)24(28-23)36-3/h4-7H,8-11H2,1-3H3. The molecule has 0 fully saturated rings. The van der Waals surface area contributed by atoms with Crippen LogP contribution in [0.1, 0.15) is 36.8 Å². The van der Waals surface area contributed by atoms with Gasteiger partial charge in [-0.3, -0.25) is 19.2 Å². The molecule has 186 valence electrons. The first-order valence-corrected chi connectivity index (χ1v) is 10.4. The number of pyridine rings is 1. The van der Waals surface area contributed by atoms with Gasteiger partial charge < -0.3 is 14.2 Å². The highest BCUT2D eigenvalue weighted by Gasteiger charge is 2.32. The van der Waals surface area contributed by atoms with Crippen molar-refractivity contribution in [3.05, 3.63) is 41.2 Å². The maximum atomic E-state index is 13.6. The number of aromatic nitrogens is 1. The van der Waals surface area contributed by atoms with E-state index < -0.39 is 48.2 Å². The molecule has 0 aliphatic rings. The largest absolute Gasteiger partial charge is 0.480 e. The molecule has 0 atom stereocenters. The number of anilines is 1. The van der Waals surface area contributed by atoms with Crippen molar-refractivity contribution in [2.24, 2.45) is 0 Å². The van der Waals surface area contributed by atoms with Gasteiger partial charge in [0.1, 0.15) is 29.1 Å². The van der Waals surface area contributed by atoms with Crippen molar-refractivity contribution in [2.45, 2.75) is 25.7 Å². The van der Waals surface area contributed by atoms with Crippen LogP contribution < -0.4 is 9.64 Å². The Morgan fingerprint density at radius 2 is 1.36 bits per heavy atom. The first kappa shape index (κ1) is 27.4. The third kappa shape index (κ3) is 6.18. The monoisotopic (exact) mass is 496 g/mol. The highest BCUT2D eigenvalue weighted by Crippen LogP contribution is 2.38. The minimum atomic E-state index is -0.920. The van der Waals surface area contributed by atoms with Crippen LogP contribution in [0.25, 0.3) is 11.1 Å².